The Morgan fingerprint density at radius 2 is 2.13 bits per heavy atom. The summed E-state index contributed by atoms with van der Waals surface area (Å²) in [6, 6.07) is 5.36. The zero-order chi connectivity index (χ0) is 16.2. The first kappa shape index (κ1) is 16.1. The first-order valence-electron chi connectivity index (χ1n) is 8.10. The van der Waals surface area contributed by atoms with E-state index in [0.29, 0.717) is 30.4 Å². The van der Waals surface area contributed by atoms with Crippen molar-refractivity contribution in [1.29, 1.82) is 0 Å². The van der Waals surface area contributed by atoms with Crippen molar-refractivity contribution in [3.05, 3.63) is 28.8 Å². The Morgan fingerprint density at radius 1 is 1.35 bits per heavy atom. The van der Waals surface area contributed by atoms with Crippen molar-refractivity contribution >= 4 is 23.4 Å². The van der Waals surface area contributed by atoms with E-state index in [1.165, 1.54) is 0 Å². The second kappa shape index (κ2) is 7.21. The zero-order valence-electron chi connectivity index (χ0n) is 13.0. The van der Waals surface area contributed by atoms with Crippen LogP contribution in [-0.2, 0) is 16.1 Å². The van der Waals surface area contributed by atoms with Crippen LogP contribution in [0, 0.1) is 5.92 Å². The van der Waals surface area contributed by atoms with Gasteiger partial charge in [0, 0.05) is 36.1 Å². The smallest absolute Gasteiger partial charge is 0.260 e. The molecule has 5 nitrogen and oxygen atoms in total. The summed E-state index contributed by atoms with van der Waals surface area (Å²) in [5.74, 6) is 0.884. The monoisotopic (exact) mass is 336 g/mol. The number of amides is 2. The van der Waals surface area contributed by atoms with Crippen LogP contribution in [0.1, 0.15) is 31.2 Å². The normalized spacial score (nSPS) is 18.3. The van der Waals surface area contributed by atoms with Gasteiger partial charge in [0.2, 0.25) is 5.91 Å². The second-order valence-electron chi connectivity index (χ2n) is 6.13. The molecule has 2 aliphatic rings. The summed E-state index contributed by atoms with van der Waals surface area (Å²) in [5, 5.41) is 3.57. The molecule has 1 aromatic rings. The van der Waals surface area contributed by atoms with Crippen molar-refractivity contribution in [3.63, 3.8) is 0 Å². The SMILES string of the molecule is O=C(NCCN1Cc2cc(Cl)ccc2OCC1=O)C1CCCC1. The first-order chi connectivity index (χ1) is 11.1. The summed E-state index contributed by atoms with van der Waals surface area (Å²) in [5.41, 5.74) is 0.894. The highest BCUT2D eigenvalue weighted by Crippen LogP contribution is 2.27. The lowest BCUT2D eigenvalue weighted by atomic mass is 10.1. The molecule has 0 spiro atoms. The molecular weight excluding hydrogens is 316 g/mol. The summed E-state index contributed by atoms with van der Waals surface area (Å²) in [4.78, 5) is 25.9. The van der Waals surface area contributed by atoms with Crippen LogP contribution in [0.3, 0.4) is 0 Å². The van der Waals surface area contributed by atoms with E-state index < -0.39 is 0 Å². The number of fused-ring (bicyclic) bond motifs is 1. The van der Waals surface area contributed by atoms with Crippen molar-refractivity contribution in [2.75, 3.05) is 19.7 Å². The third kappa shape index (κ3) is 3.96. The molecule has 1 aliphatic carbocycles. The van der Waals surface area contributed by atoms with Crippen LogP contribution in [-0.4, -0.2) is 36.4 Å². The van der Waals surface area contributed by atoms with Gasteiger partial charge in [0.15, 0.2) is 6.61 Å². The third-order valence-corrected chi connectivity index (χ3v) is 4.73. The van der Waals surface area contributed by atoms with Gasteiger partial charge >= 0.3 is 0 Å². The number of carbonyl (C=O) groups excluding carboxylic acids is 2. The minimum Gasteiger partial charge on any atom is -0.483 e. The molecule has 1 N–H and O–H groups in total. The number of nitrogens with one attached hydrogen (secondary N) is 1. The fourth-order valence-corrected chi connectivity index (χ4v) is 3.38. The molecule has 124 valence electrons. The van der Waals surface area contributed by atoms with Crippen LogP contribution in [0.2, 0.25) is 5.02 Å². The number of ether oxygens (including phenoxy) is 1. The minimum absolute atomic E-state index is 0.0191. The maximum Gasteiger partial charge on any atom is 0.260 e. The van der Waals surface area contributed by atoms with E-state index in [1.807, 2.05) is 6.07 Å². The van der Waals surface area contributed by atoms with Gasteiger partial charge in [-0.1, -0.05) is 24.4 Å². The van der Waals surface area contributed by atoms with E-state index in [9.17, 15) is 9.59 Å². The lowest BCUT2D eigenvalue weighted by molar-refractivity contribution is -0.133. The summed E-state index contributed by atoms with van der Waals surface area (Å²) in [6.45, 7) is 1.42. The van der Waals surface area contributed by atoms with E-state index in [4.69, 9.17) is 16.3 Å². The van der Waals surface area contributed by atoms with Gasteiger partial charge < -0.3 is 15.0 Å². The average molecular weight is 337 g/mol. The molecule has 1 aliphatic heterocycles. The van der Waals surface area contributed by atoms with Crippen LogP contribution in [0.25, 0.3) is 0 Å². The Balaban J connectivity index is 1.56. The number of hydrogen-bond acceptors (Lipinski definition) is 3. The maximum atomic E-state index is 12.2. The molecule has 1 heterocycles. The van der Waals surface area contributed by atoms with Crippen LogP contribution in [0.4, 0.5) is 0 Å². The topological polar surface area (TPSA) is 58.6 Å². The summed E-state index contributed by atoms with van der Waals surface area (Å²) < 4.78 is 5.52. The molecule has 0 atom stereocenters. The predicted octanol–water partition coefficient (Wildman–Crippen LogP) is 2.37. The molecule has 6 heteroatoms. The average Bonchev–Trinajstić information content (AvgIpc) is 3.02. The Labute approximate surface area is 140 Å². The minimum atomic E-state index is -0.0764. The van der Waals surface area contributed by atoms with Gasteiger partial charge in [-0.2, -0.15) is 0 Å². The molecule has 1 saturated carbocycles. The molecule has 0 unspecified atom stereocenters. The number of carbonyl (C=O) groups is 2. The molecule has 1 aromatic carbocycles. The largest absolute Gasteiger partial charge is 0.483 e. The van der Waals surface area contributed by atoms with Gasteiger partial charge in [0.25, 0.3) is 5.91 Å². The maximum absolute atomic E-state index is 12.2. The van der Waals surface area contributed by atoms with Gasteiger partial charge in [-0.3, -0.25) is 9.59 Å². The third-order valence-electron chi connectivity index (χ3n) is 4.49. The number of rotatable bonds is 4. The second-order valence-corrected chi connectivity index (χ2v) is 6.56. The summed E-state index contributed by atoms with van der Waals surface area (Å²) in [6.07, 6.45) is 4.23. The van der Waals surface area contributed by atoms with Crippen LogP contribution in [0.5, 0.6) is 5.75 Å². The van der Waals surface area contributed by atoms with Crippen molar-refractivity contribution in [3.8, 4) is 5.75 Å². The lowest BCUT2D eigenvalue weighted by Crippen LogP contribution is -2.40. The van der Waals surface area contributed by atoms with Crippen LogP contribution >= 0.6 is 11.6 Å². The highest BCUT2D eigenvalue weighted by atomic mass is 35.5. The molecule has 0 aromatic heterocycles. The summed E-state index contributed by atoms with van der Waals surface area (Å²) in [7, 11) is 0. The molecule has 23 heavy (non-hydrogen) atoms. The highest BCUT2D eigenvalue weighted by molar-refractivity contribution is 6.30. The highest BCUT2D eigenvalue weighted by Gasteiger charge is 2.24. The van der Waals surface area contributed by atoms with Crippen LogP contribution < -0.4 is 10.1 Å². The molecule has 2 amide bonds. The van der Waals surface area contributed by atoms with Gasteiger partial charge in [-0.25, -0.2) is 0 Å². The van der Waals surface area contributed by atoms with Gasteiger partial charge in [0.05, 0.1) is 0 Å². The van der Waals surface area contributed by atoms with E-state index in [2.05, 4.69) is 5.32 Å². The number of benzene rings is 1. The molecule has 0 bridgehead atoms. The van der Waals surface area contributed by atoms with Crippen molar-refractivity contribution in [1.82, 2.24) is 10.2 Å². The zero-order valence-corrected chi connectivity index (χ0v) is 13.8. The quantitative estimate of drug-likeness (QED) is 0.918. The van der Waals surface area contributed by atoms with E-state index in [1.54, 1.807) is 17.0 Å². The van der Waals surface area contributed by atoms with E-state index in [0.717, 1.165) is 31.2 Å². The molecule has 0 radical (unpaired) electrons. The van der Waals surface area contributed by atoms with Crippen molar-refractivity contribution < 1.29 is 14.3 Å². The Bertz CT molecular complexity index is 600. The molecular formula is C17H21ClN2O3. The predicted molar refractivity (Wildman–Crippen MR) is 87.3 cm³/mol. The van der Waals surface area contributed by atoms with Crippen molar-refractivity contribution in [2.24, 2.45) is 5.92 Å². The number of hydrogen-bond donors (Lipinski definition) is 1. The fourth-order valence-electron chi connectivity index (χ4n) is 3.19. The Morgan fingerprint density at radius 3 is 2.91 bits per heavy atom. The van der Waals surface area contributed by atoms with Crippen molar-refractivity contribution in [2.45, 2.75) is 32.2 Å². The molecule has 3 rings (SSSR count). The van der Waals surface area contributed by atoms with E-state index >= 15 is 0 Å². The Hall–Kier alpha value is -1.75. The lowest BCUT2D eigenvalue weighted by Gasteiger charge is -2.21. The summed E-state index contributed by atoms with van der Waals surface area (Å²) >= 11 is 6.02. The van der Waals surface area contributed by atoms with Gasteiger partial charge in [-0.15, -0.1) is 0 Å². The van der Waals surface area contributed by atoms with Gasteiger partial charge in [-0.05, 0) is 31.0 Å². The number of nitrogens with zero attached hydrogens (tertiary/aromatic N) is 1. The standard InChI is InChI=1S/C17H21ClN2O3/c18-14-5-6-15-13(9-14)10-20(16(21)11-23-15)8-7-19-17(22)12-3-1-2-4-12/h5-6,9,12H,1-4,7-8,10-11H2,(H,19,22). The first-order valence-corrected chi connectivity index (χ1v) is 8.48. The Kier molecular flexibility index (Phi) is 5.06. The van der Waals surface area contributed by atoms with E-state index in [-0.39, 0.29) is 24.3 Å². The molecule has 1 fully saturated rings. The molecule has 0 saturated heterocycles. The van der Waals surface area contributed by atoms with Gasteiger partial charge in [0.1, 0.15) is 5.75 Å². The number of halogens is 1. The van der Waals surface area contributed by atoms with Crippen LogP contribution in [0.15, 0.2) is 18.2 Å². The fraction of sp³-hybridized carbons (Fsp3) is 0.529.